The average Bonchev–Trinajstić information content (AvgIpc) is 1.01. The minimum atomic E-state index is -4.97. The van der Waals surface area contributed by atoms with Crippen molar-refractivity contribution in [1.29, 1.82) is 0 Å². The van der Waals surface area contributed by atoms with Crippen molar-refractivity contribution in [2.24, 2.45) is 11.8 Å². The van der Waals surface area contributed by atoms with Crippen molar-refractivity contribution < 1.29 is 80.2 Å². The van der Waals surface area contributed by atoms with Gasteiger partial charge < -0.3 is 33.8 Å². The van der Waals surface area contributed by atoms with E-state index in [0.29, 0.717) is 25.7 Å². The third kappa shape index (κ3) is 71.0. The second-order valence-electron chi connectivity index (χ2n) is 28.6. The molecule has 0 saturated heterocycles. The second-order valence-corrected chi connectivity index (χ2v) is 31.5. The Bertz CT molecular complexity index is 2010. The average molecular weight is 1450 g/mol. The van der Waals surface area contributed by atoms with Crippen molar-refractivity contribution in [3.05, 3.63) is 24.3 Å². The van der Waals surface area contributed by atoms with Crippen molar-refractivity contribution in [2.75, 3.05) is 39.6 Å². The summed E-state index contributed by atoms with van der Waals surface area (Å²) in [7, 11) is -9.93. The van der Waals surface area contributed by atoms with Crippen LogP contribution in [0.1, 0.15) is 395 Å². The number of ether oxygens (including phenoxy) is 4. The molecule has 0 aliphatic rings. The molecule has 0 aromatic carbocycles. The van der Waals surface area contributed by atoms with Gasteiger partial charge in [0.15, 0.2) is 12.2 Å². The number of hydrogen-bond donors (Lipinski definition) is 3. The summed E-state index contributed by atoms with van der Waals surface area (Å²) in [6.07, 6.45) is 63.1. The van der Waals surface area contributed by atoms with E-state index in [1.54, 1.807) is 0 Å². The Morgan fingerprint density at radius 2 is 0.566 bits per heavy atom. The maximum atomic E-state index is 13.1. The summed E-state index contributed by atoms with van der Waals surface area (Å²) in [5.41, 5.74) is 0. The minimum absolute atomic E-state index is 0.102. The molecule has 0 saturated carbocycles. The summed E-state index contributed by atoms with van der Waals surface area (Å²) < 4.78 is 68.7. The van der Waals surface area contributed by atoms with Gasteiger partial charge in [-0.1, -0.05) is 342 Å². The normalized spacial score (nSPS) is 14.6. The molecular weight excluding hydrogens is 1290 g/mol. The van der Waals surface area contributed by atoms with Crippen LogP contribution in [0.15, 0.2) is 24.3 Å². The van der Waals surface area contributed by atoms with Gasteiger partial charge in [0.25, 0.3) is 0 Å². The summed E-state index contributed by atoms with van der Waals surface area (Å²) in [5, 5.41) is 10.6. The van der Waals surface area contributed by atoms with E-state index in [2.05, 4.69) is 65.8 Å². The first kappa shape index (κ1) is 96.5. The molecule has 0 aliphatic carbocycles. The van der Waals surface area contributed by atoms with Crippen LogP contribution in [0.5, 0.6) is 0 Å². The van der Waals surface area contributed by atoms with Gasteiger partial charge in [-0.3, -0.25) is 37.3 Å². The number of allylic oxidation sites excluding steroid dienone is 4. The Kier molecular flexibility index (Phi) is 69.4. The highest BCUT2D eigenvalue weighted by molar-refractivity contribution is 7.47. The molecule has 0 aromatic heterocycles. The first-order valence-corrected chi connectivity index (χ1v) is 43.9. The third-order valence-electron chi connectivity index (χ3n) is 18.8. The van der Waals surface area contributed by atoms with E-state index in [1.165, 1.54) is 193 Å². The first-order valence-electron chi connectivity index (χ1n) is 40.9. The molecule has 0 radical (unpaired) electrons. The fourth-order valence-corrected chi connectivity index (χ4v) is 13.3. The summed E-state index contributed by atoms with van der Waals surface area (Å²) in [6, 6.07) is 0. The van der Waals surface area contributed by atoms with Gasteiger partial charge in [-0.15, -0.1) is 0 Å². The molecule has 19 heteroatoms. The summed E-state index contributed by atoms with van der Waals surface area (Å²) in [5.74, 6) is -0.563. The number of phosphoric ester groups is 2. The third-order valence-corrected chi connectivity index (χ3v) is 20.7. The van der Waals surface area contributed by atoms with Crippen LogP contribution < -0.4 is 0 Å². The minimum Gasteiger partial charge on any atom is -0.462 e. The zero-order chi connectivity index (χ0) is 72.8. The van der Waals surface area contributed by atoms with E-state index in [9.17, 15) is 43.2 Å². The van der Waals surface area contributed by atoms with E-state index < -0.39 is 97.5 Å². The maximum Gasteiger partial charge on any atom is 0.472 e. The number of esters is 4. The topological polar surface area (TPSA) is 237 Å². The van der Waals surface area contributed by atoms with E-state index in [1.807, 2.05) is 0 Å². The predicted molar refractivity (Wildman–Crippen MR) is 404 cm³/mol. The molecule has 0 amide bonds. The van der Waals surface area contributed by atoms with Crippen molar-refractivity contribution in [2.45, 2.75) is 413 Å². The molecule has 0 rings (SSSR count). The van der Waals surface area contributed by atoms with Gasteiger partial charge in [0.05, 0.1) is 26.4 Å². The molecule has 0 aromatic rings. The Morgan fingerprint density at radius 3 is 0.859 bits per heavy atom. The van der Waals surface area contributed by atoms with E-state index >= 15 is 0 Å². The number of carbonyl (C=O) groups is 4. The van der Waals surface area contributed by atoms with Crippen LogP contribution in [0, 0.1) is 11.8 Å². The van der Waals surface area contributed by atoms with Crippen molar-refractivity contribution in [3.8, 4) is 0 Å². The van der Waals surface area contributed by atoms with Crippen LogP contribution in [0.2, 0.25) is 0 Å². The maximum absolute atomic E-state index is 13.1. The van der Waals surface area contributed by atoms with Crippen LogP contribution in [-0.4, -0.2) is 96.7 Å². The quantitative estimate of drug-likeness (QED) is 0.0169. The highest BCUT2D eigenvalue weighted by Gasteiger charge is 2.30. The fraction of sp³-hybridized carbons (Fsp3) is 0.900. The van der Waals surface area contributed by atoms with Crippen LogP contribution in [0.25, 0.3) is 0 Å². The highest BCUT2D eigenvalue weighted by Crippen LogP contribution is 2.45. The SMILES string of the molecule is CCCCCC/C=C\C=C/CCCCCCCC(=O)OC[C@H](COP(=O)(O)OC[C@@H](O)COP(=O)(O)OC[C@@H](COC(=O)CCCCCCCCCCC(C)CC)OC(=O)CCCCCCCCCCCCC(C)CC)OC(=O)CCCCCCCCCCCCCCCCCCCC. The summed E-state index contributed by atoms with van der Waals surface area (Å²) in [4.78, 5) is 73.0. The monoisotopic (exact) mass is 1450 g/mol. The largest absolute Gasteiger partial charge is 0.472 e. The number of hydrogen-bond acceptors (Lipinski definition) is 15. The zero-order valence-corrected chi connectivity index (χ0v) is 66.1. The number of phosphoric acid groups is 2. The standard InChI is InChI=1S/C80H152O17P2/c1-7-11-13-15-17-19-21-23-25-26-27-29-31-33-38-46-52-58-64-79(84)96-75(68-90-77(82)62-56-50-44-37-32-30-28-24-22-20-18-16-14-12-8-2)70-94-98(86,87)92-66-74(81)67-93-99(88,89)95-71-76(69-91-78(83)63-57-51-45-41-40-43-49-55-61-73(6)10-4)97-80(85)65-59-53-47-39-35-34-36-42-48-54-60-72(5)9-3/h20,22,24,28,72-76,81H,7-19,21,23,25-27,29-71H2,1-6H3,(H,86,87)(H,88,89)/b22-20-,28-24-/t72?,73?,74-,75-,76-/m1/s1. The lowest BCUT2D eigenvalue weighted by atomic mass is 9.99. The predicted octanol–water partition coefficient (Wildman–Crippen LogP) is 23.4. The molecule has 7 atom stereocenters. The van der Waals surface area contributed by atoms with Gasteiger partial charge in [-0.25, -0.2) is 9.13 Å². The molecular formula is C80H152O17P2. The van der Waals surface area contributed by atoms with Crippen molar-refractivity contribution >= 4 is 39.5 Å². The van der Waals surface area contributed by atoms with E-state index in [0.717, 1.165) is 121 Å². The van der Waals surface area contributed by atoms with Crippen molar-refractivity contribution in [3.63, 3.8) is 0 Å². The number of unbranched alkanes of at least 4 members (excludes halogenated alkanes) is 42. The van der Waals surface area contributed by atoms with Crippen LogP contribution in [-0.2, 0) is 65.4 Å². The molecule has 0 aliphatic heterocycles. The Hall–Kier alpha value is -2.46. The number of aliphatic hydroxyl groups excluding tert-OH is 1. The lowest BCUT2D eigenvalue weighted by molar-refractivity contribution is -0.161. The van der Waals surface area contributed by atoms with Crippen LogP contribution in [0.4, 0.5) is 0 Å². The number of carbonyl (C=O) groups excluding carboxylic acids is 4. The molecule has 0 heterocycles. The molecule has 17 nitrogen and oxygen atoms in total. The second kappa shape index (κ2) is 71.2. The molecule has 99 heavy (non-hydrogen) atoms. The molecule has 4 unspecified atom stereocenters. The van der Waals surface area contributed by atoms with Gasteiger partial charge in [0, 0.05) is 25.7 Å². The van der Waals surface area contributed by atoms with Gasteiger partial charge >= 0.3 is 39.5 Å². The van der Waals surface area contributed by atoms with Gasteiger partial charge in [0.2, 0.25) is 0 Å². The highest BCUT2D eigenvalue weighted by atomic mass is 31.2. The van der Waals surface area contributed by atoms with Crippen LogP contribution >= 0.6 is 15.6 Å². The van der Waals surface area contributed by atoms with Gasteiger partial charge in [-0.05, 0) is 63.2 Å². The van der Waals surface area contributed by atoms with Crippen LogP contribution in [0.3, 0.4) is 0 Å². The van der Waals surface area contributed by atoms with E-state index in [-0.39, 0.29) is 25.7 Å². The first-order chi connectivity index (χ1) is 47.9. The van der Waals surface area contributed by atoms with E-state index in [4.69, 9.17) is 37.0 Å². The summed E-state index contributed by atoms with van der Waals surface area (Å²) >= 11 is 0. The Labute approximate surface area is 605 Å². The van der Waals surface area contributed by atoms with Gasteiger partial charge in [-0.2, -0.15) is 0 Å². The fourth-order valence-electron chi connectivity index (χ4n) is 11.8. The zero-order valence-electron chi connectivity index (χ0n) is 64.3. The van der Waals surface area contributed by atoms with Crippen molar-refractivity contribution in [1.82, 2.24) is 0 Å². The molecule has 0 fully saturated rings. The lowest BCUT2D eigenvalue weighted by Gasteiger charge is -2.21. The lowest BCUT2D eigenvalue weighted by Crippen LogP contribution is -2.30. The number of rotatable bonds is 77. The molecule has 3 N–H and O–H groups in total. The van der Waals surface area contributed by atoms with Gasteiger partial charge in [0.1, 0.15) is 19.3 Å². The number of aliphatic hydroxyl groups is 1. The Morgan fingerprint density at radius 1 is 0.323 bits per heavy atom. The molecule has 0 spiro atoms. The Balaban J connectivity index is 5.30. The summed E-state index contributed by atoms with van der Waals surface area (Å²) in [6.45, 7) is 9.59. The molecule has 0 bridgehead atoms. The molecule has 584 valence electrons. The smallest absolute Gasteiger partial charge is 0.462 e.